The largest absolute Gasteiger partial charge is 0.439 e. The summed E-state index contributed by atoms with van der Waals surface area (Å²) in [5.74, 6) is -1.82. The van der Waals surface area contributed by atoms with Gasteiger partial charge in [0, 0.05) is 16.5 Å². The summed E-state index contributed by atoms with van der Waals surface area (Å²) in [6.07, 6.45) is -2.97. The van der Waals surface area contributed by atoms with E-state index in [1.807, 2.05) is 6.92 Å². The Bertz CT molecular complexity index is 774. The molecule has 1 aromatic carbocycles. The van der Waals surface area contributed by atoms with Crippen LogP contribution in [0.3, 0.4) is 0 Å². The van der Waals surface area contributed by atoms with Crippen LogP contribution in [0.25, 0.3) is 0 Å². The molecule has 1 heterocycles. The number of fused-ring (bicyclic) bond motifs is 1. The first-order chi connectivity index (χ1) is 13.2. The number of carbonyl (C=O) groups is 1. The SMILES string of the molecule is CC[C@@H]1CCC2=NN(C(=O)CSCc3ccccc3Cl)[C@@](O)(C(F)(F)F)[C@@H]2C1. The van der Waals surface area contributed by atoms with Crippen LogP contribution < -0.4 is 0 Å². The highest BCUT2D eigenvalue weighted by Crippen LogP contribution is 2.49. The second-order valence-electron chi connectivity index (χ2n) is 7.21. The number of amides is 1. The van der Waals surface area contributed by atoms with Gasteiger partial charge < -0.3 is 5.11 Å². The minimum Gasteiger partial charge on any atom is -0.362 e. The maximum atomic E-state index is 13.9. The Morgan fingerprint density at radius 1 is 1.43 bits per heavy atom. The molecule has 2 aliphatic rings. The average molecular weight is 435 g/mol. The van der Waals surface area contributed by atoms with Crippen molar-refractivity contribution in [1.29, 1.82) is 0 Å². The molecule has 0 aromatic heterocycles. The van der Waals surface area contributed by atoms with E-state index in [9.17, 15) is 23.1 Å². The van der Waals surface area contributed by atoms with Crippen LogP contribution in [0.4, 0.5) is 13.2 Å². The fourth-order valence-electron chi connectivity index (χ4n) is 3.84. The molecule has 1 amide bonds. The van der Waals surface area contributed by atoms with E-state index in [1.54, 1.807) is 24.3 Å². The summed E-state index contributed by atoms with van der Waals surface area (Å²) in [5, 5.41) is 15.4. The van der Waals surface area contributed by atoms with Crippen molar-refractivity contribution < 1.29 is 23.1 Å². The van der Waals surface area contributed by atoms with Crippen LogP contribution >= 0.6 is 23.4 Å². The van der Waals surface area contributed by atoms with Crippen molar-refractivity contribution in [1.82, 2.24) is 5.01 Å². The highest BCUT2D eigenvalue weighted by molar-refractivity contribution is 7.99. The van der Waals surface area contributed by atoms with Crippen LogP contribution in [0, 0.1) is 11.8 Å². The summed E-state index contributed by atoms with van der Waals surface area (Å²) < 4.78 is 41.6. The molecular formula is C19H22ClF3N2O2S. The number of hydrogen-bond donors (Lipinski definition) is 1. The van der Waals surface area contributed by atoms with Gasteiger partial charge in [0.05, 0.1) is 11.7 Å². The Labute approximate surface area is 171 Å². The van der Waals surface area contributed by atoms with Crippen molar-refractivity contribution in [3.63, 3.8) is 0 Å². The topological polar surface area (TPSA) is 52.9 Å². The lowest BCUT2D eigenvalue weighted by Crippen LogP contribution is -2.62. The third-order valence-electron chi connectivity index (χ3n) is 5.49. The monoisotopic (exact) mass is 434 g/mol. The number of thioether (sulfide) groups is 1. The number of alkyl halides is 3. The van der Waals surface area contributed by atoms with Crippen molar-refractivity contribution in [2.45, 2.75) is 50.3 Å². The molecule has 0 saturated heterocycles. The van der Waals surface area contributed by atoms with Crippen molar-refractivity contribution in [3.8, 4) is 0 Å². The third kappa shape index (κ3) is 3.91. The van der Waals surface area contributed by atoms with E-state index in [0.717, 1.165) is 30.2 Å². The Morgan fingerprint density at radius 3 is 2.79 bits per heavy atom. The van der Waals surface area contributed by atoms with Gasteiger partial charge in [-0.15, -0.1) is 11.8 Å². The van der Waals surface area contributed by atoms with Gasteiger partial charge in [0.25, 0.3) is 11.6 Å². The lowest BCUT2D eigenvalue weighted by Gasteiger charge is -2.39. The standard InChI is InChI=1S/C19H22ClF3N2O2S/c1-2-12-7-8-16-14(9-12)18(27,19(21,22)23)25(24-16)17(26)11-28-10-13-5-3-4-6-15(13)20/h3-6,12,14,27H,2,7-11H2,1H3/t12-,14-,18+/m1/s1. The van der Waals surface area contributed by atoms with Crippen molar-refractivity contribution in [2.75, 3.05) is 5.75 Å². The molecule has 154 valence electrons. The number of benzene rings is 1. The molecule has 1 aliphatic heterocycles. The molecule has 0 spiro atoms. The van der Waals surface area contributed by atoms with Crippen LogP contribution in [0.5, 0.6) is 0 Å². The molecule has 0 bridgehead atoms. The van der Waals surface area contributed by atoms with Crippen LogP contribution in [-0.4, -0.2) is 39.4 Å². The predicted octanol–water partition coefficient (Wildman–Crippen LogP) is 4.85. The Hall–Kier alpha value is -1.25. The molecule has 1 fully saturated rings. The highest BCUT2D eigenvalue weighted by Gasteiger charge is 2.68. The highest BCUT2D eigenvalue weighted by atomic mass is 35.5. The molecule has 3 rings (SSSR count). The van der Waals surface area contributed by atoms with Crippen molar-refractivity contribution in [2.24, 2.45) is 16.9 Å². The Balaban J connectivity index is 1.74. The Morgan fingerprint density at radius 2 is 2.14 bits per heavy atom. The molecule has 0 radical (unpaired) electrons. The minimum absolute atomic E-state index is 0.0856. The maximum Gasteiger partial charge on any atom is 0.439 e. The van der Waals surface area contributed by atoms with Crippen molar-refractivity contribution >= 4 is 35.0 Å². The minimum atomic E-state index is -4.98. The van der Waals surface area contributed by atoms with Crippen LogP contribution in [-0.2, 0) is 10.5 Å². The van der Waals surface area contributed by atoms with E-state index in [4.69, 9.17) is 11.6 Å². The molecule has 4 nitrogen and oxygen atoms in total. The molecule has 1 aliphatic carbocycles. The van der Waals surface area contributed by atoms with E-state index in [2.05, 4.69) is 5.10 Å². The molecule has 0 unspecified atom stereocenters. The summed E-state index contributed by atoms with van der Waals surface area (Å²) in [6, 6.07) is 7.08. The number of halogens is 4. The zero-order valence-electron chi connectivity index (χ0n) is 15.4. The van der Waals surface area contributed by atoms with E-state index in [0.29, 0.717) is 17.2 Å². The summed E-state index contributed by atoms with van der Waals surface area (Å²) in [4.78, 5) is 12.6. The average Bonchev–Trinajstić information content (AvgIpc) is 2.96. The van der Waals surface area contributed by atoms with Crippen LogP contribution in [0.1, 0.15) is 38.2 Å². The second-order valence-corrected chi connectivity index (χ2v) is 8.60. The normalized spacial score (nSPS) is 27.5. The quantitative estimate of drug-likeness (QED) is 0.720. The molecular weight excluding hydrogens is 413 g/mol. The first kappa shape index (κ1) is 21.5. The van der Waals surface area contributed by atoms with Crippen LogP contribution in [0.2, 0.25) is 5.02 Å². The lowest BCUT2D eigenvalue weighted by molar-refractivity contribution is -0.317. The number of rotatable bonds is 5. The fraction of sp³-hybridized carbons (Fsp3) is 0.579. The number of hydrazone groups is 1. The van der Waals surface area contributed by atoms with Gasteiger partial charge in [0.15, 0.2) is 0 Å². The van der Waals surface area contributed by atoms with E-state index in [-0.39, 0.29) is 28.8 Å². The van der Waals surface area contributed by atoms with Crippen molar-refractivity contribution in [3.05, 3.63) is 34.9 Å². The number of carbonyl (C=O) groups excluding carboxylic acids is 1. The summed E-state index contributed by atoms with van der Waals surface area (Å²) in [6.45, 7) is 1.92. The van der Waals surface area contributed by atoms with Gasteiger partial charge in [-0.2, -0.15) is 23.3 Å². The van der Waals surface area contributed by atoms with Gasteiger partial charge in [-0.1, -0.05) is 43.1 Å². The summed E-state index contributed by atoms with van der Waals surface area (Å²) in [7, 11) is 0. The predicted molar refractivity (Wildman–Crippen MR) is 104 cm³/mol. The zero-order valence-corrected chi connectivity index (χ0v) is 16.9. The third-order valence-corrected chi connectivity index (χ3v) is 6.82. The second kappa shape index (κ2) is 8.24. The van der Waals surface area contributed by atoms with Gasteiger partial charge in [0.1, 0.15) is 0 Å². The number of hydrogen-bond acceptors (Lipinski definition) is 4. The molecule has 3 atom stereocenters. The summed E-state index contributed by atoms with van der Waals surface area (Å²) >= 11 is 7.20. The van der Waals surface area contributed by atoms with E-state index < -0.39 is 23.7 Å². The number of aliphatic hydroxyl groups is 1. The fourth-order valence-corrected chi connectivity index (χ4v) is 4.99. The first-order valence-corrected chi connectivity index (χ1v) is 10.7. The zero-order chi connectivity index (χ0) is 20.5. The van der Waals surface area contributed by atoms with Crippen LogP contribution in [0.15, 0.2) is 29.4 Å². The molecule has 1 saturated carbocycles. The van der Waals surface area contributed by atoms with Gasteiger partial charge in [0.2, 0.25) is 0 Å². The maximum absolute atomic E-state index is 13.9. The number of nitrogens with zero attached hydrogens (tertiary/aromatic N) is 2. The van der Waals surface area contributed by atoms with Gasteiger partial charge in [-0.3, -0.25) is 4.79 Å². The van der Waals surface area contributed by atoms with E-state index >= 15 is 0 Å². The van der Waals surface area contributed by atoms with Gasteiger partial charge >= 0.3 is 6.18 Å². The lowest BCUT2D eigenvalue weighted by atomic mass is 9.74. The van der Waals surface area contributed by atoms with E-state index in [1.165, 1.54) is 0 Å². The van der Waals surface area contributed by atoms with Gasteiger partial charge in [-0.25, -0.2) is 0 Å². The van der Waals surface area contributed by atoms with Gasteiger partial charge in [-0.05, 0) is 36.8 Å². The molecule has 9 heteroatoms. The Kier molecular flexibility index (Phi) is 6.32. The summed E-state index contributed by atoms with van der Waals surface area (Å²) in [5.41, 5.74) is -2.20. The smallest absolute Gasteiger partial charge is 0.362 e. The molecule has 28 heavy (non-hydrogen) atoms. The first-order valence-electron chi connectivity index (χ1n) is 9.19. The molecule has 1 N–H and O–H groups in total. The molecule has 1 aromatic rings.